The summed E-state index contributed by atoms with van der Waals surface area (Å²) in [5.74, 6) is 0.923. The van der Waals surface area contributed by atoms with Crippen molar-refractivity contribution in [3.05, 3.63) is 83.4 Å². The Morgan fingerprint density at radius 3 is 2.31 bits per heavy atom. The molecule has 0 aromatic heterocycles. The molecule has 0 saturated heterocycles. The molecule has 0 aliphatic heterocycles. The number of carbonyl (C=O) groups is 1. The van der Waals surface area contributed by atoms with Crippen molar-refractivity contribution in [3.63, 3.8) is 0 Å². The Balaban J connectivity index is 1.78. The van der Waals surface area contributed by atoms with Crippen molar-refractivity contribution in [2.24, 2.45) is 0 Å². The average molecular weight is 455 g/mol. The molecule has 3 aromatic carbocycles. The van der Waals surface area contributed by atoms with Gasteiger partial charge in [0.15, 0.2) is 0 Å². The summed E-state index contributed by atoms with van der Waals surface area (Å²) in [6.45, 7) is 3.72. The van der Waals surface area contributed by atoms with Gasteiger partial charge < -0.3 is 14.8 Å². The minimum absolute atomic E-state index is 0.150. The molecule has 3 rings (SSSR count). The summed E-state index contributed by atoms with van der Waals surface area (Å²) in [6.07, 6.45) is 0. The van der Waals surface area contributed by atoms with E-state index in [-0.39, 0.29) is 16.8 Å². The molecule has 8 heteroatoms. The fraction of sp³-hybridized carbons (Fsp3) is 0.208. The molecule has 3 aromatic rings. The fourth-order valence-electron chi connectivity index (χ4n) is 3.19. The number of nitrogens with one attached hydrogen (secondary N) is 2. The third-order valence-corrected chi connectivity index (χ3v) is 6.36. The number of benzene rings is 3. The lowest BCUT2D eigenvalue weighted by Crippen LogP contribution is -2.27. The maximum Gasteiger partial charge on any atom is 0.261 e. The smallest absolute Gasteiger partial charge is 0.261 e. The summed E-state index contributed by atoms with van der Waals surface area (Å²) in [7, 11) is -0.641. The van der Waals surface area contributed by atoms with Gasteiger partial charge >= 0.3 is 0 Å². The first-order chi connectivity index (χ1) is 15.2. The quantitative estimate of drug-likeness (QED) is 0.529. The molecule has 0 unspecified atom stereocenters. The first kappa shape index (κ1) is 23.1. The minimum atomic E-state index is -3.77. The monoisotopic (exact) mass is 454 g/mol. The molecule has 0 aliphatic rings. The summed E-state index contributed by atoms with van der Waals surface area (Å²) in [5, 5.41) is 2.91. The summed E-state index contributed by atoms with van der Waals surface area (Å²) in [6, 6.07) is 17.9. The van der Waals surface area contributed by atoms with Gasteiger partial charge in [-0.25, -0.2) is 8.42 Å². The van der Waals surface area contributed by atoms with E-state index in [0.717, 1.165) is 11.1 Å². The van der Waals surface area contributed by atoms with E-state index < -0.39 is 10.0 Å². The van der Waals surface area contributed by atoms with Gasteiger partial charge in [0.05, 0.1) is 25.2 Å². The first-order valence-electron chi connectivity index (χ1n) is 9.96. The lowest BCUT2D eigenvalue weighted by Gasteiger charge is -2.18. The first-order valence-corrected chi connectivity index (χ1v) is 11.4. The van der Waals surface area contributed by atoms with E-state index in [1.807, 2.05) is 13.8 Å². The maximum absolute atomic E-state index is 12.8. The molecule has 0 fully saturated rings. The number of sulfonamides is 1. The van der Waals surface area contributed by atoms with Crippen LogP contribution in [0.15, 0.2) is 71.6 Å². The van der Waals surface area contributed by atoms with Crippen molar-refractivity contribution in [2.75, 3.05) is 18.9 Å². The van der Waals surface area contributed by atoms with Gasteiger partial charge in [0.2, 0.25) is 0 Å². The molecule has 0 radical (unpaired) electrons. The Labute approximate surface area is 188 Å². The number of hydrogen-bond acceptors (Lipinski definition) is 5. The van der Waals surface area contributed by atoms with Crippen LogP contribution in [0.1, 0.15) is 34.5 Å². The topological polar surface area (TPSA) is 93.7 Å². The summed E-state index contributed by atoms with van der Waals surface area (Å²) in [5.41, 5.74) is 2.34. The van der Waals surface area contributed by atoms with E-state index in [1.54, 1.807) is 62.8 Å². The molecule has 32 heavy (non-hydrogen) atoms. The van der Waals surface area contributed by atoms with E-state index in [4.69, 9.17) is 9.47 Å². The molecule has 0 aliphatic carbocycles. The number of aryl methyl sites for hydroxylation is 1. The molecule has 168 valence electrons. The Morgan fingerprint density at radius 1 is 0.938 bits per heavy atom. The van der Waals surface area contributed by atoms with Gasteiger partial charge in [-0.2, -0.15) is 0 Å². The molecule has 1 amide bonds. The zero-order chi connectivity index (χ0) is 23.3. The lowest BCUT2D eigenvalue weighted by molar-refractivity contribution is 0.0939. The Kier molecular flexibility index (Phi) is 7.05. The predicted molar refractivity (Wildman–Crippen MR) is 124 cm³/mol. The minimum Gasteiger partial charge on any atom is -0.497 e. The maximum atomic E-state index is 12.8. The van der Waals surface area contributed by atoms with Crippen LogP contribution in [0, 0.1) is 6.92 Å². The van der Waals surface area contributed by atoms with Crippen LogP contribution in [-0.4, -0.2) is 28.5 Å². The number of carbonyl (C=O) groups excluding carboxylic acids is 1. The van der Waals surface area contributed by atoms with Crippen molar-refractivity contribution in [1.29, 1.82) is 0 Å². The number of anilines is 1. The van der Waals surface area contributed by atoms with Gasteiger partial charge in [0.25, 0.3) is 15.9 Å². The van der Waals surface area contributed by atoms with E-state index in [2.05, 4.69) is 10.0 Å². The van der Waals surface area contributed by atoms with Crippen molar-refractivity contribution in [3.8, 4) is 11.5 Å². The normalized spacial score (nSPS) is 12.0. The van der Waals surface area contributed by atoms with Gasteiger partial charge in [0.1, 0.15) is 11.5 Å². The summed E-state index contributed by atoms with van der Waals surface area (Å²) < 4.78 is 38.5. The largest absolute Gasteiger partial charge is 0.497 e. The van der Waals surface area contributed by atoms with Gasteiger partial charge in [-0.15, -0.1) is 0 Å². The number of hydrogen-bond donors (Lipinski definition) is 2. The second-order valence-corrected chi connectivity index (χ2v) is 8.98. The van der Waals surface area contributed by atoms with Gasteiger partial charge in [-0.3, -0.25) is 9.52 Å². The molecule has 0 saturated carbocycles. The molecule has 0 bridgehead atoms. The highest BCUT2D eigenvalue weighted by atomic mass is 32.2. The van der Waals surface area contributed by atoms with Gasteiger partial charge in [-0.1, -0.05) is 23.8 Å². The molecule has 7 nitrogen and oxygen atoms in total. The highest BCUT2D eigenvalue weighted by molar-refractivity contribution is 7.92. The molecular formula is C24H26N2O5S. The molecule has 2 N–H and O–H groups in total. The number of amides is 1. The predicted octanol–water partition coefficient (Wildman–Crippen LogP) is 4.30. The molecule has 0 heterocycles. The Bertz CT molecular complexity index is 1210. The highest BCUT2D eigenvalue weighted by Crippen LogP contribution is 2.29. The van der Waals surface area contributed by atoms with Crippen molar-refractivity contribution >= 4 is 21.6 Å². The van der Waals surface area contributed by atoms with E-state index in [1.165, 1.54) is 18.2 Å². The zero-order valence-electron chi connectivity index (χ0n) is 18.4. The van der Waals surface area contributed by atoms with Crippen LogP contribution in [0.25, 0.3) is 0 Å². The fourth-order valence-corrected chi connectivity index (χ4v) is 4.24. The highest BCUT2D eigenvalue weighted by Gasteiger charge is 2.18. The number of rotatable bonds is 8. The summed E-state index contributed by atoms with van der Waals surface area (Å²) in [4.78, 5) is 13.0. The van der Waals surface area contributed by atoms with Gasteiger partial charge in [-0.05, 0) is 62.4 Å². The Morgan fingerprint density at radius 2 is 1.66 bits per heavy atom. The van der Waals surface area contributed by atoms with Crippen LogP contribution < -0.4 is 19.5 Å². The van der Waals surface area contributed by atoms with Gasteiger partial charge in [0, 0.05) is 16.8 Å². The zero-order valence-corrected chi connectivity index (χ0v) is 19.2. The Hall–Kier alpha value is -3.52. The lowest BCUT2D eigenvalue weighted by atomic mass is 10.1. The van der Waals surface area contributed by atoms with Crippen LogP contribution in [-0.2, 0) is 10.0 Å². The van der Waals surface area contributed by atoms with Crippen LogP contribution in [0.4, 0.5) is 5.69 Å². The number of methoxy groups -OCH3 is 2. The second-order valence-electron chi connectivity index (χ2n) is 7.30. The van der Waals surface area contributed by atoms with Crippen LogP contribution in [0.3, 0.4) is 0 Å². The van der Waals surface area contributed by atoms with Crippen molar-refractivity contribution < 1.29 is 22.7 Å². The van der Waals surface area contributed by atoms with Crippen LogP contribution in [0.2, 0.25) is 0 Å². The van der Waals surface area contributed by atoms with E-state index in [0.29, 0.717) is 22.7 Å². The molecule has 0 spiro atoms. The second kappa shape index (κ2) is 9.74. The van der Waals surface area contributed by atoms with Crippen molar-refractivity contribution in [2.45, 2.75) is 24.8 Å². The third-order valence-electron chi connectivity index (χ3n) is 4.96. The van der Waals surface area contributed by atoms with Crippen LogP contribution in [0.5, 0.6) is 11.5 Å². The number of ether oxygens (including phenoxy) is 2. The third kappa shape index (κ3) is 5.39. The SMILES string of the molecule is COc1ccc(OC)c([C@@H](C)NC(=O)c2cccc(NS(=O)(=O)c3ccc(C)cc3)c2)c1. The van der Waals surface area contributed by atoms with Crippen molar-refractivity contribution in [1.82, 2.24) is 5.32 Å². The summed E-state index contributed by atoms with van der Waals surface area (Å²) >= 11 is 0. The molecular weight excluding hydrogens is 428 g/mol. The molecule has 1 atom stereocenters. The average Bonchev–Trinajstić information content (AvgIpc) is 2.78. The van der Waals surface area contributed by atoms with E-state index >= 15 is 0 Å². The van der Waals surface area contributed by atoms with E-state index in [9.17, 15) is 13.2 Å². The van der Waals surface area contributed by atoms with Crippen LogP contribution >= 0.6 is 0 Å². The standard InChI is InChI=1S/C24H26N2O5S/c1-16-8-11-21(12-9-16)32(28,29)26-19-7-5-6-18(14-19)24(27)25-17(2)22-15-20(30-3)10-13-23(22)31-4/h5-15,17,26H,1-4H3,(H,25,27)/t17-/m1/s1.